The molecule has 2 aromatic carbocycles. The lowest BCUT2D eigenvalue weighted by atomic mass is 9.95. The summed E-state index contributed by atoms with van der Waals surface area (Å²) in [5, 5.41) is 6.38. The molecular weight excluding hydrogens is 449 g/mol. The average Bonchev–Trinajstić information content (AvgIpc) is 3.38. The molecule has 1 saturated heterocycles. The maximum Gasteiger partial charge on any atom is 0.418 e. The molecule has 1 aliphatic rings. The maximum atomic E-state index is 13.7. The molecule has 3 aromatic rings. The summed E-state index contributed by atoms with van der Waals surface area (Å²) in [5.41, 5.74) is -1.01. The third-order valence-corrected chi connectivity index (χ3v) is 5.66. The van der Waals surface area contributed by atoms with Crippen molar-refractivity contribution < 1.29 is 27.5 Å². The molecule has 1 aliphatic heterocycles. The van der Waals surface area contributed by atoms with E-state index in [1.54, 1.807) is 35.2 Å². The van der Waals surface area contributed by atoms with Crippen molar-refractivity contribution in [2.75, 3.05) is 25.0 Å². The molecule has 1 fully saturated rings. The summed E-state index contributed by atoms with van der Waals surface area (Å²) in [6.45, 7) is 0.553. The summed E-state index contributed by atoms with van der Waals surface area (Å²) >= 11 is 0. The third-order valence-electron chi connectivity index (χ3n) is 5.66. The van der Waals surface area contributed by atoms with E-state index in [0.29, 0.717) is 31.7 Å². The summed E-state index contributed by atoms with van der Waals surface area (Å²) < 4.78 is 47.8. The largest absolute Gasteiger partial charge is 0.484 e. The third kappa shape index (κ3) is 5.56. The van der Waals surface area contributed by atoms with Crippen LogP contribution in [0.25, 0.3) is 5.69 Å². The number of ether oxygens (including phenoxy) is 1. The Morgan fingerprint density at radius 1 is 1.06 bits per heavy atom. The zero-order valence-corrected chi connectivity index (χ0v) is 18.2. The number of halogens is 3. The molecule has 7 nitrogen and oxygen atoms in total. The minimum Gasteiger partial charge on any atom is -0.484 e. The molecule has 10 heteroatoms. The van der Waals surface area contributed by atoms with E-state index in [2.05, 4.69) is 10.4 Å². The molecule has 0 saturated carbocycles. The van der Waals surface area contributed by atoms with Crippen LogP contribution in [-0.2, 0) is 15.8 Å². The second-order valence-corrected chi connectivity index (χ2v) is 7.92. The van der Waals surface area contributed by atoms with E-state index in [9.17, 15) is 22.8 Å². The van der Waals surface area contributed by atoms with Gasteiger partial charge in [0.05, 0.1) is 16.9 Å². The van der Waals surface area contributed by atoms with E-state index in [1.165, 1.54) is 29.2 Å². The first kappa shape index (κ1) is 23.3. The van der Waals surface area contributed by atoms with Crippen LogP contribution in [0.1, 0.15) is 18.4 Å². The predicted molar refractivity (Wildman–Crippen MR) is 118 cm³/mol. The van der Waals surface area contributed by atoms with Crippen LogP contribution < -0.4 is 10.1 Å². The number of hydrogen-bond acceptors (Lipinski definition) is 4. The van der Waals surface area contributed by atoms with E-state index >= 15 is 0 Å². The number of nitrogens with one attached hydrogen (secondary N) is 1. The summed E-state index contributed by atoms with van der Waals surface area (Å²) in [5.74, 6) is -0.601. The van der Waals surface area contributed by atoms with Gasteiger partial charge in [-0.2, -0.15) is 18.3 Å². The van der Waals surface area contributed by atoms with Gasteiger partial charge in [-0.15, -0.1) is 0 Å². The second-order valence-electron chi connectivity index (χ2n) is 7.92. The highest BCUT2D eigenvalue weighted by Crippen LogP contribution is 2.36. The Morgan fingerprint density at radius 2 is 1.79 bits per heavy atom. The highest BCUT2D eigenvalue weighted by atomic mass is 19.4. The molecule has 0 spiro atoms. The van der Waals surface area contributed by atoms with Crippen molar-refractivity contribution in [1.29, 1.82) is 0 Å². The van der Waals surface area contributed by atoms with Crippen molar-refractivity contribution in [3.05, 3.63) is 72.6 Å². The number of carbonyl (C=O) groups excluding carboxylic acids is 2. The second kappa shape index (κ2) is 9.98. The fourth-order valence-electron chi connectivity index (χ4n) is 3.82. The van der Waals surface area contributed by atoms with Crippen molar-refractivity contribution in [1.82, 2.24) is 14.7 Å². The monoisotopic (exact) mass is 472 g/mol. The van der Waals surface area contributed by atoms with Gasteiger partial charge in [-0.1, -0.05) is 18.2 Å². The van der Waals surface area contributed by atoms with Gasteiger partial charge in [0, 0.05) is 31.4 Å². The number of alkyl halides is 3. The standard InChI is InChI=1S/C24H23F3N4O3/c25-24(26,27)20-15-18(31-12-4-11-28-31)7-8-21(20)29-23(33)17-9-13-30(14-10-17)22(32)16-34-19-5-2-1-3-6-19/h1-8,11-12,15,17H,9-10,13-14,16H2,(H,29,33). The van der Waals surface area contributed by atoms with Crippen LogP contribution in [0, 0.1) is 5.92 Å². The number of piperidine rings is 1. The highest BCUT2D eigenvalue weighted by molar-refractivity contribution is 5.93. The van der Waals surface area contributed by atoms with Crippen molar-refractivity contribution in [3.8, 4) is 11.4 Å². The van der Waals surface area contributed by atoms with Crippen LogP contribution in [0.5, 0.6) is 5.75 Å². The van der Waals surface area contributed by atoms with Gasteiger partial charge in [-0.05, 0) is 49.2 Å². The Bertz CT molecular complexity index is 1130. The van der Waals surface area contributed by atoms with Gasteiger partial charge in [0.15, 0.2) is 6.61 Å². The average molecular weight is 472 g/mol. The molecule has 0 bridgehead atoms. The maximum absolute atomic E-state index is 13.7. The molecule has 1 N–H and O–H groups in total. The van der Waals surface area contributed by atoms with E-state index in [0.717, 1.165) is 6.07 Å². The van der Waals surface area contributed by atoms with E-state index in [4.69, 9.17) is 4.74 Å². The van der Waals surface area contributed by atoms with Gasteiger partial charge in [0.1, 0.15) is 5.75 Å². The summed E-state index contributed by atoms with van der Waals surface area (Å²) in [6.07, 6.45) is -0.937. The number of rotatable bonds is 6. The smallest absolute Gasteiger partial charge is 0.418 e. The van der Waals surface area contributed by atoms with Crippen LogP contribution in [0.2, 0.25) is 0 Å². The number of likely N-dealkylation sites (tertiary alicyclic amines) is 1. The molecule has 4 rings (SSSR count). The number of hydrogen-bond donors (Lipinski definition) is 1. The van der Waals surface area contributed by atoms with Gasteiger partial charge in [-0.25, -0.2) is 4.68 Å². The van der Waals surface area contributed by atoms with Crippen LogP contribution in [0.3, 0.4) is 0 Å². The van der Waals surface area contributed by atoms with Crippen molar-refractivity contribution in [2.24, 2.45) is 5.92 Å². The molecule has 0 unspecified atom stereocenters. The number of amides is 2. The quantitative estimate of drug-likeness (QED) is 0.585. The first-order valence-corrected chi connectivity index (χ1v) is 10.8. The lowest BCUT2D eigenvalue weighted by molar-refractivity contribution is -0.137. The van der Waals surface area contributed by atoms with Gasteiger partial charge in [0.25, 0.3) is 5.91 Å². The number of nitrogens with zero attached hydrogens (tertiary/aromatic N) is 3. The van der Waals surface area contributed by atoms with Crippen molar-refractivity contribution in [3.63, 3.8) is 0 Å². The minimum atomic E-state index is -4.65. The summed E-state index contributed by atoms with van der Waals surface area (Å²) in [6, 6.07) is 14.2. The lowest BCUT2D eigenvalue weighted by Crippen LogP contribution is -2.43. The molecule has 2 heterocycles. The first-order valence-electron chi connectivity index (χ1n) is 10.8. The van der Waals surface area contributed by atoms with Gasteiger partial charge < -0.3 is 15.0 Å². The Kier molecular flexibility index (Phi) is 6.85. The number of aromatic nitrogens is 2. The fourth-order valence-corrected chi connectivity index (χ4v) is 3.82. The lowest BCUT2D eigenvalue weighted by Gasteiger charge is -2.31. The number of anilines is 1. The highest BCUT2D eigenvalue weighted by Gasteiger charge is 2.35. The van der Waals surface area contributed by atoms with Crippen LogP contribution in [0.4, 0.5) is 18.9 Å². The van der Waals surface area contributed by atoms with Crippen LogP contribution >= 0.6 is 0 Å². The number of carbonyl (C=O) groups is 2. The topological polar surface area (TPSA) is 76.5 Å². The molecule has 0 aliphatic carbocycles. The van der Waals surface area contributed by atoms with E-state index < -0.39 is 23.6 Å². The predicted octanol–water partition coefficient (Wildman–Crippen LogP) is 4.15. The van der Waals surface area contributed by atoms with Crippen molar-refractivity contribution in [2.45, 2.75) is 19.0 Å². The molecule has 0 atom stereocenters. The minimum absolute atomic E-state index is 0.113. The van der Waals surface area contributed by atoms with Crippen LogP contribution in [-0.4, -0.2) is 46.2 Å². The van der Waals surface area contributed by atoms with Crippen LogP contribution in [0.15, 0.2) is 67.0 Å². The Balaban J connectivity index is 1.35. The zero-order chi connectivity index (χ0) is 24.1. The molecular formula is C24H23F3N4O3. The van der Waals surface area contributed by atoms with E-state index in [1.807, 2.05) is 6.07 Å². The Labute approximate surface area is 194 Å². The van der Waals surface area contributed by atoms with Gasteiger partial charge in [-0.3, -0.25) is 9.59 Å². The Hall–Kier alpha value is -3.82. The number of benzene rings is 2. The van der Waals surface area contributed by atoms with Gasteiger partial charge >= 0.3 is 6.18 Å². The van der Waals surface area contributed by atoms with Gasteiger partial charge in [0.2, 0.25) is 5.91 Å². The first-order chi connectivity index (χ1) is 16.3. The summed E-state index contributed by atoms with van der Waals surface area (Å²) in [7, 11) is 0. The molecule has 34 heavy (non-hydrogen) atoms. The van der Waals surface area contributed by atoms with E-state index in [-0.39, 0.29) is 23.9 Å². The normalized spacial score (nSPS) is 14.6. The Morgan fingerprint density at radius 3 is 2.44 bits per heavy atom. The summed E-state index contributed by atoms with van der Waals surface area (Å²) in [4.78, 5) is 26.7. The SMILES string of the molecule is O=C(Nc1ccc(-n2cccn2)cc1C(F)(F)F)C1CCN(C(=O)COc2ccccc2)CC1. The van der Waals surface area contributed by atoms with Crippen molar-refractivity contribution >= 4 is 17.5 Å². The molecule has 2 amide bonds. The molecule has 1 aromatic heterocycles. The number of para-hydroxylation sites is 1. The zero-order valence-electron chi connectivity index (χ0n) is 18.2. The fraction of sp³-hybridized carbons (Fsp3) is 0.292. The molecule has 0 radical (unpaired) electrons. The molecule has 178 valence electrons.